The summed E-state index contributed by atoms with van der Waals surface area (Å²) in [5.74, 6) is 0.425. The molecule has 0 saturated carbocycles. The molecule has 144 valence electrons. The van der Waals surface area contributed by atoms with Crippen molar-refractivity contribution in [3.05, 3.63) is 88.7 Å². The van der Waals surface area contributed by atoms with Gasteiger partial charge in [0.2, 0.25) is 0 Å². The number of para-hydroxylation sites is 3. The van der Waals surface area contributed by atoms with Gasteiger partial charge in [0.05, 0.1) is 23.3 Å². The van der Waals surface area contributed by atoms with Gasteiger partial charge in [0.1, 0.15) is 11.4 Å². The Hall–Kier alpha value is -3.93. The number of H-pyrrole nitrogens is 1. The third-order valence-electron chi connectivity index (χ3n) is 4.46. The fraction of sp³-hybridized carbons (Fsp3) is 0.0870. The third kappa shape index (κ3) is 3.87. The summed E-state index contributed by atoms with van der Waals surface area (Å²) >= 11 is 0. The van der Waals surface area contributed by atoms with Gasteiger partial charge in [-0.15, -0.1) is 0 Å². The zero-order valence-corrected chi connectivity index (χ0v) is 15.8. The molecule has 4 rings (SSSR count). The highest BCUT2D eigenvalue weighted by Gasteiger charge is 2.14. The molecule has 0 spiro atoms. The van der Waals surface area contributed by atoms with Crippen molar-refractivity contribution < 1.29 is 9.53 Å². The number of carbonyl (C=O) groups is 1. The normalized spacial score (nSPS) is 10.7. The molecule has 29 heavy (non-hydrogen) atoms. The summed E-state index contributed by atoms with van der Waals surface area (Å²) < 4.78 is 5.41. The molecule has 0 aliphatic rings. The van der Waals surface area contributed by atoms with Crippen molar-refractivity contribution in [2.45, 2.75) is 6.92 Å². The van der Waals surface area contributed by atoms with Crippen molar-refractivity contribution in [3.63, 3.8) is 0 Å². The average Bonchev–Trinajstić information content (AvgIpc) is 2.74. The molecular formula is C23H19N3O3. The maximum absolute atomic E-state index is 12.7. The molecule has 0 fully saturated rings. The predicted molar refractivity (Wildman–Crippen MR) is 113 cm³/mol. The number of ether oxygens (including phenoxy) is 1. The molecule has 0 bridgehead atoms. The summed E-state index contributed by atoms with van der Waals surface area (Å²) in [7, 11) is 0. The zero-order valence-electron chi connectivity index (χ0n) is 15.8. The first-order valence-corrected chi connectivity index (χ1v) is 9.28. The van der Waals surface area contributed by atoms with Crippen molar-refractivity contribution in [2.24, 2.45) is 0 Å². The van der Waals surface area contributed by atoms with E-state index in [2.05, 4.69) is 15.3 Å². The molecule has 1 heterocycles. The SMILES string of the molecule is CCOc1ccc(C(=O)Nc2ccccc2-c2nc3ccccc3[nH]c2=O)cc1. The van der Waals surface area contributed by atoms with Gasteiger partial charge in [-0.3, -0.25) is 9.59 Å². The Morgan fingerprint density at radius 1 is 1.00 bits per heavy atom. The van der Waals surface area contributed by atoms with E-state index in [9.17, 15) is 9.59 Å². The lowest BCUT2D eigenvalue weighted by atomic mass is 10.1. The van der Waals surface area contributed by atoms with Crippen LogP contribution in [0.25, 0.3) is 22.3 Å². The average molecular weight is 385 g/mol. The Labute approximate surface area is 167 Å². The highest BCUT2D eigenvalue weighted by atomic mass is 16.5. The van der Waals surface area contributed by atoms with Gasteiger partial charge in [-0.05, 0) is 49.4 Å². The van der Waals surface area contributed by atoms with Gasteiger partial charge in [-0.25, -0.2) is 4.98 Å². The topological polar surface area (TPSA) is 84.1 Å². The van der Waals surface area contributed by atoms with Crippen LogP contribution in [0.1, 0.15) is 17.3 Å². The van der Waals surface area contributed by atoms with Crippen molar-refractivity contribution in [1.29, 1.82) is 0 Å². The lowest BCUT2D eigenvalue weighted by Crippen LogP contribution is -2.16. The van der Waals surface area contributed by atoms with Gasteiger partial charge in [-0.1, -0.05) is 30.3 Å². The molecule has 0 aliphatic heterocycles. The standard InChI is InChI=1S/C23H19N3O3/c1-2-29-16-13-11-15(12-14-16)22(27)25-18-8-4-3-7-17(18)21-23(28)26-20-10-6-5-9-19(20)24-21/h3-14H,2H2,1H3,(H,25,27)(H,26,28). The van der Waals surface area contributed by atoms with Crippen LogP contribution in [0, 0.1) is 0 Å². The van der Waals surface area contributed by atoms with Crippen LogP contribution in [0.5, 0.6) is 5.75 Å². The molecule has 3 aromatic carbocycles. The monoisotopic (exact) mass is 385 g/mol. The Morgan fingerprint density at radius 3 is 2.52 bits per heavy atom. The van der Waals surface area contributed by atoms with Crippen LogP contribution in [-0.4, -0.2) is 22.5 Å². The molecule has 4 aromatic rings. The number of hydrogen-bond donors (Lipinski definition) is 2. The Balaban J connectivity index is 1.68. The van der Waals surface area contributed by atoms with Gasteiger partial charge < -0.3 is 15.0 Å². The zero-order chi connectivity index (χ0) is 20.2. The van der Waals surface area contributed by atoms with Crippen molar-refractivity contribution in [1.82, 2.24) is 9.97 Å². The lowest BCUT2D eigenvalue weighted by molar-refractivity contribution is 0.102. The van der Waals surface area contributed by atoms with Crippen LogP contribution in [0.15, 0.2) is 77.6 Å². The molecule has 0 saturated heterocycles. The summed E-state index contributed by atoms with van der Waals surface area (Å²) in [6, 6.07) is 21.3. The third-order valence-corrected chi connectivity index (χ3v) is 4.46. The number of hydrogen-bond acceptors (Lipinski definition) is 4. The highest BCUT2D eigenvalue weighted by Crippen LogP contribution is 2.25. The molecule has 0 radical (unpaired) electrons. The minimum absolute atomic E-state index is 0.256. The van der Waals surface area contributed by atoms with Crippen LogP contribution in [0.3, 0.4) is 0 Å². The number of amides is 1. The van der Waals surface area contributed by atoms with E-state index in [0.717, 1.165) is 0 Å². The quantitative estimate of drug-likeness (QED) is 0.538. The van der Waals surface area contributed by atoms with Gasteiger partial charge in [0.15, 0.2) is 0 Å². The molecule has 1 amide bonds. The first kappa shape index (κ1) is 18.4. The van der Waals surface area contributed by atoms with E-state index in [1.807, 2.05) is 25.1 Å². The van der Waals surface area contributed by atoms with E-state index in [0.29, 0.717) is 40.2 Å². The number of anilines is 1. The first-order valence-electron chi connectivity index (χ1n) is 9.28. The molecule has 6 heteroatoms. The first-order chi connectivity index (χ1) is 14.2. The fourth-order valence-electron chi connectivity index (χ4n) is 3.07. The van der Waals surface area contributed by atoms with E-state index in [-0.39, 0.29) is 17.2 Å². The minimum Gasteiger partial charge on any atom is -0.494 e. The summed E-state index contributed by atoms with van der Waals surface area (Å²) in [4.78, 5) is 32.7. The van der Waals surface area contributed by atoms with Gasteiger partial charge in [0.25, 0.3) is 11.5 Å². The summed E-state index contributed by atoms with van der Waals surface area (Å²) in [5, 5.41) is 2.88. The number of nitrogens with one attached hydrogen (secondary N) is 2. The van der Waals surface area contributed by atoms with Crippen LogP contribution >= 0.6 is 0 Å². The van der Waals surface area contributed by atoms with Crippen LogP contribution in [-0.2, 0) is 0 Å². The highest BCUT2D eigenvalue weighted by molar-refractivity contribution is 6.06. The number of carbonyl (C=O) groups excluding carboxylic acids is 1. The summed E-state index contributed by atoms with van der Waals surface area (Å²) in [5.41, 5.74) is 2.84. The minimum atomic E-state index is -0.313. The number of aromatic nitrogens is 2. The molecular weight excluding hydrogens is 366 g/mol. The number of nitrogens with zero attached hydrogens (tertiary/aromatic N) is 1. The predicted octanol–water partition coefficient (Wildman–Crippen LogP) is 4.24. The molecule has 2 N–H and O–H groups in total. The Morgan fingerprint density at radius 2 is 1.72 bits per heavy atom. The van der Waals surface area contributed by atoms with E-state index in [4.69, 9.17) is 4.74 Å². The molecule has 0 atom stereocenters. The second kappa shape index (κ2) is 7.98. The maximum atomic E-state index is 12.7. The molecule has 6 nitrogen and oxygen atoms in total. The van der Waals surface area contributed by atoms with Crippen LogP contribution in [0.2, 0.25) is 0 Å². The van der Waals surface area contributed by atoms with Gasteiger partial charge >= 0.3 is 0 Å². The summed E-state index contributed by atoms with van der Waals surface area (Å²) in [6.45, 7) is 2.46. The summed E-state index contributed by atoms with van der Waals surface area (Å²) in [6.07, 6.45) is 0. The second-order valence-corrected chi connectivity index (χ2v) is 6.39. The largest absolute Gasteiger partial charge is 0.494 e. The number of aromatic amines is 1. The number of rotatable bonds is 5. The molecule has 0 unspecified atom stereocenters. The molecule has 1 aromatic heterocycles. The van der Waals surface area contributed by atoms with Crippen molar-refractivity contribution in [3.8, 4) is 17.0 Å². The lowest BCUT2D eigenvalue weighted by Gasteiger charge is -2.11. The smallest absolute Gasteiger partial charge is 0.275 e. The maximum Gasteiger partial charge on any atom is 0.275 e. The Kier molecular flexibility index (Phi) is 5.07. The fourth-order valence-corrected chi connectivity index (χ4v) is 3.07. The van der Waals surface area contributed by atoms with Crippen molar-refractivity contribution in [2.75, 3.05) is 11.9 Å². The van der Waals surface area contributed by atoms with E-state index in [1.165, 1.54) is 0 Å². The molecule has 0 aliphatic carbocycles. The van der Waals surface area contributed by atoms with Gasteiger partial charge in [0, 0.05) is 11.1 Å². The number of fused-ring (bicyclic) bond motifs is 1. The van der Waals surface area contributed by atoms with E-state index in [1.54, 1.807) is 54.6 Å². The van der Waals surface area contributed by atoms with Crippen LogP contribution in [0.4, 0.5) is 5.69 Å². The second-order valence-electron chi connectivity index (χ2n) is 6.39. The van der Waals surface area contributed by atoms with E-state index >= 15 is 0 Å². The number of benzene rings is 3. The van der Waals surface area contributed by atoms with E-state index < -0.39 is 0 Å². The van der Waals surface area contributed by atoms with Gasteiger partial charge in [-0.2, -0.15) is 0 Å². The Bertz CT molecular complexity index is 1230. The van der Waals surface area contributed by atoms with Crippen LogP contribution < -0.4 is 15.6 Å². The van der Waals surface area contributed by atoms with Crippen molar-refractivity contribution >= 4 is 22.6 Å².